The first-order chi connectivity index (χ1) is 16.0. The maximum absolute atomic E-state index is 13.4. The molecule has 2 aliphatic rings. The lowest BCUT2D eigenvalue weighted by atomic mass is 9.80. The summed E-state index contributed by atoms with van der Waals surface area (Å²) in [6.07, 6.45) is -3.11. The molecule has 0 radical (unpaired) electrons. The SMILES string of the molecule is CC(C)(C)OC(=O)C[C@@H]1C[C@H]2OCC[C@@]2(C(=O)NCc2cc(C(F)(F)F)ccc2OC(C)(C)C)C1. The summed E-state index contributed by atoms with van der Waals surface area (Å²) < 4.78 is 57.1. The van der Waals surface area contributed by atoms with Gasteiger partial charge >= 0.3 is 12.1 Å². The minimum absolute atomic E-state index is 0.0609. The van der Waals surface area contributed by atoms with E-state index in [4.69, 9.17) is 14.2 Å². The molecule has 1 aliphatic carbocycles. The molecule has 1 saturated heterocycles. The first-order valence-electron chi connectivity index (χ1n) is 12.0. The minimum Gasteiger partial charge on any atom is -0.488 e. The molecule has 2 fully saturated rings. The van der Waals surface area contributed by atoms with Crippen molar-refractivity contribution in [3.8, 4) is 5.75 Å². The highest BCUT2D eigenvalue weighted by Crippen LogP contribution is 2.51. The summed E-state index contributed by atoms with van der Waals surface area (Å²) in [7, 11) is 0. The fraction of sp³-hybridized carbons (Fsp3) is 0.692. The zero-order valence-corrected chi connectivity index (χ0v) is 21.3. The van der Waals surface area contributed by atoms with E-state index < -0.39 is 28.4 Å². The first kappa shape index (κ1) is 27.3. The van der Waals surface area contributed by atoms with Gasteiger partial charge in [-0.05, 0) is 84.9 Å². The molecule has 1 aromatic carbocycles. The molecular weight excluding hydrogens is 463 g/mol. The number of halogens is 3. The second kappa shape index (κ2) is 9.64. The second-order valence-electron chi connectivity index (χ2n) is 11.6. The van der Waals surface area contributed by atoms with Crippen molar-refractivity contribution in [3.05, 3.63) is 29.3 Å². The summed E-state index contributed by atoms with van der Waals surface area (Å²) in [4.78, 5) is 25.7. The zero-order valence-electron chi connectivity index (χ0n) is 21.3. The number of carbonyl (C=O) groups is 2. The van der Waals surface area contributed by atoms with E-state index in [2.05, 4.69) is 5.32 Å². The van der Waals surface area contributed by atoms with E-state index in [0.717, 1.165) is 12.1 Å². The highest BCUT2D eigenvalue weighted by atomic mass is 19.4. The highest BCUT2D eigenvalue weighted by molar-refractivity contribution is 5.84. The number of alkyl halides is 3. The van der Waals surface area contributed by atoms with Crippen LogP contribution in [-0.2, 0) is 31.8 Å². The molecule has 9 heteroatoms. The summed E-state index contributed by atoms with van der Waals surface area (Å²) in [6.45, 7) is 11.1. The summed E-state index contributed by atoms with van der Waals surface area (Å²) in [5, 5.41) is 2.84. The van der Waals surface area contributed by atoms with Gasteiger partial charge in [0.1, 0.15) is 17.0 Å². The van der Waals surface area contributed by atoms with Crippen molar-refractivity contribution >= 4 is 11.9 Å². The first-order valence-corrected chi connectivity index (χ1v) is 12.0. The summed E-state index contributed by atoms with van der Waals surface area (Å²) in [5.74, 6) is -0.359. The predicted octanol–water partition coefficient (Wildman–Crippen LogP) is 5.42. The van der Waals surface area contributed by atoms with E-state index in [1.165, 1.54) is 6.07 Å². The Morgan fingerprint density at radius 2 is 1.80 bits per heavy atom. The van der Waals surface area contributed by atoms with Crippen molar-refractivity contribution < 1.29 is 37.0 Å². The van der Waals surface area contributed by atoms with Gasteiger partial charge in [0.15, 0.2) is 0 Å². The van der Waals surface area contributed by atoms with Crippen LogP contribution < -0.4 is 10.1 Å². The van der Waals surface area contributed by atoms with Gasteiger partial charge in [-0.1, -0.05) is 0 Å². The highest BCUT2D eigenvalue weighted by Gasteiger charge is 2.56. The molecule has 3 atom stereocenters. The Labute approximate surface area is 204 Å². The third-order valence-corrected chi connectivity index (χ3v) is 6.25. The maximum Gasteiger partial charge on any atom is 0.416 e. The Balaban J connectivity index is 1.74. The van der Waals surface area contributed by atoms with E-state index in [9.17, 15) is 22.8 Å². The number of esters is 1. The molecule has 1 aliphatic heterocycles. The number of hydrogen-bond acceptors (Lipinski definition) is 5. The number of benzene rings is 1. The van der Waals surface area contributed by atoms with Crippen LogP contribution in [0.5, 0.6) is 5.75 Å². The molecule has 1 amide bonds. The number of carbonyl (C=O) groups excluding carboxylic acids is 2. The van der Waals surface area contributed by atoms with Crippen molar-refractivity contribution in [2.24, 2.45) is 11.3 Å². The molecule has 0 unspecified atom stereocenters. The van der Waals surface area contributed by atoms with Crippen LogP contribution in [0.15, 0.2) is 18.2 Å². The minimum atomic E-state index is -4.51. The number of ether oxygens (including phenoxy) is 3. The number of fused-ring (bicyclic) bond motifs is 1. The van der Waals surface area contributed by atoms with Gasteiger partial charge in [-0.25, -0.2) is 0 Å². The van der Waals surface area contributed by atoms with E-state index in [-0.39, 0.29) is 48.2 Å². The van der Waals surface area contributed by atoms with Crippen molar-refractivity contribution in [1.29, 1.82) is 0 Å². The summed E-state index contributed by atoms with van der Waals surface area (Å²) >= 11 is 0. The van der Waals surface area contributed by atoms with Crippen molar-refractivity contribution in [2.45, 2.75) is 97.3 Å². The number of amides is 1. The molecule has 35 heavy (non-hydrogen) atoms. The van der Waals surface area contributed by atoms with Crippen LogP contribution in [-0.4, -0.2) is 35.8 Å². The van der Waals surface area contributed by atoms with Crippen LogP contribution in [0.1, 0.15) is 78.4 Å². The average molecular weight is 500 g/mol. The maximum atomic E-state index is 13.4. The lowest BCUT2D eigenvalue weighted by Crippen LogP contribution is -2.43. The van der Waals surface area contributed by atoms with Gasteiger partial charge in [-0.2, -0.15) is 13.2 Å². The Kier molecular flexibility index (Phi) is 7.52. The third-order valence-electron chi connectivity index (χ3n) is 6.25. The van der Waals surface area contributed by atoms with Gasteiger partial charge in [0.2, 0.25) is 5.91 Å². The monoisotopic (exact) mass is 499 g/mol. The molecule has 1 N–H and O–H groups in total. The van der Waals surface area contributed by atoms with Crippen molar-refractivity contribution in [2.75, 3.05) is 6.61 Å². The Morgan fingerprint density at radius 3 is 2.40 bits per heavy atom. The Hall–Kier alpha value is -2.29. The van der Waals surface area contributed by atoms with Crippen LogP contribution in [0.3, 0.4) is 0 Å². The van der Waals surface area contributed by atoms with Crippen LogP contribution in [0.4, 0.5) is 13.2 Å². The lowest BCUT2D eigenvalue weighted by Gasteiger charge is -2.28. The molecule has 196 valence electrons. The molecule has 3 rings (SSSR count). The molecule has 1 heterocycles. The van der Waals surface area contributed by atoms with Crippen molar-refractivity contribution in [1.82, 2.24) is 5.32 Å². The van der Waals surface area contributed by atoms with E-state index >= 15 is 0 Å². The number of rotatable bonds is 6. The molecular formula is C26H36F3NO5. The van der Waals surface area contributed by atoms with Crippen LogP contribution in [0, 0.1) is 11.3 Å². The topological polar surface area (TPSA) is 73.9 Å². The van der Waals surface area contributed by atoms with Gasteiger partial charge in [0, 0.05) is 25.1 Å². The van der Waals surface area contributed by atoms with Gasteiger partial charge in [-0.15, -0.1) is 0 Å². The number of hydrogen-bond donors (Lipinski definition) is 1. The average Bonchev–Trinajstić information content (AvgIpc) is 3.21. The van der Waals surface area contributed by atoms with Gasteiger partial charge < -0.3 is 19.5 Å². The Morgan fingerprint density at radius 1 is 1.11 bits per heavy atom. The van der Waals surface area contributed by atoms with Gasteiger partial charge in [0.05, 0.1) is 17.1 Å². The standard InChI is InChI=1S/C26H36F3NO5/c1-23(2,3)34-19-8-7-18(26(27,28)29)13-17(19)15-30-22(32)25-9-10-33-20(25)11-16(14-25)12-21(31)35-24(4,5)6/h7-8,13,16,20H,9-12,14-15H2,1-6H3,(H,30,32)/t16-,20+,25+/m0/s1. The van der Waals surface area contributed by atoms with Gasteiger partial charge in [0.25, 0.3) is 0 Å². The third kappa shape index (κ3) is 6.90. The summed E-state index contributed by atoms with van der Waals surface area (Å²) in [6, 6.07) is 3.29. The lowest BCUT2D eigenvalue weighted by molar-refractivity contribution is -0.156. The molecule has 0 spiro atoms. The Bertz CT molecular complexity index is 948. The van der Waals surface area contributed by atoms with Crippen LogP contribution >= 0.6 is 0 Å². The largest absolute Gasteiger partial charge is 0.488 e. The van der Waals surface area contributed by atoms with Crippen LogP contribution in [0.2, 0.25) is 0 Å². The predicted molar refractivity (Wildman–Crippen MR) is 124 cm³/mol. The van der Waals surface area contributed by atoms with E-state index in [1.54, 1.807) is 41.5 Å². The van der Waals surface area contributed by atoms with Crippen molar-refractivity contribution in [3.63, 3.8) is 0 Å². The fourth-order valence-corrected chi connectivity index (χ4v) is 4.93. The molecule has 6 nitrogen and oxygen atoms in total. The summed E-state index contributed by atoms with van der Waals surface area (Å²) in [5.41, 5.74) is -2.57. The smallest absolute Gasteiger partial charge is 0.416 e. The molecule has 1 aromatic rings. The molecule has 0 bridgehead atoms. The number of nitrogens with one attached hydrogen (secondary N) is 1. The second-order valence-corrected chi connectivity index (χ2v) is 11.6. The van der Waals surface area contributed by atoms with E-state index in [1.807, 2.05) is 0 Å². The molecule has 0 aromatic heterocycles. The zero-order chi connectivity index (χ0) is 26.2. The van der Waals surface area contributed by atoms with Gasteiger partial charge in [-0.3, -0.25) is 9.59 Å². The van der Waals surface area contributed by atoms with Crippen LogP contribution in [0.25, 0.3) is 0 Å². The normalized spacial score (nSPS) is 24.7. The fourth-order valence-electron chi connectivity index (χ4n) is 4.93. The molecule has 1 saturated carbocycles. The quantitative estimate of drug-likeness (QED) is 0.530. The van der Waals surface area contributed by atoms with E-state index in [0.29, 0.717) is 25.9 Å².